The minimum Gasteiger partial charge on any atom is -0.497 e. The third-order valence-electron chi connectivity index (χ3n) is 3.64. The number of aromatic amines is 1. The number of methoxy groups -OCH3 is 1. The first kappa shape index (κ1) is 16.6. The summed E-state index contributed by atoms with van der Waals surface area (Å²) in [5.74, 6) is 1.36. The number of H-pyrrole nitrogens is 1. The molecule has 0 fully saturated rings. The molecule has 3 rings (SSSR count). The summed E-state index contributed by atoms with van der Waals surface area (Å²) < 4.78 is 6.59. The van der Waals surface area contributed by atoms with Crippen LogP contribution >= 0.6 is 0 Å². The lowest BCUT2D eigenvalue weighted by Gasteiger charge is -2.05. The molecule has 3 aromatic rings. The van der Waals surface area contributed by atoms with E-state index < -0.39 is 0 Å². The first-order valence-electron chi connectivity index (χ1n) is 8.00. The summed E-state index contributed by atoms with van der Waals surface area (Å²) in [4.78, 5) is 14.7. The van der Waals surface area contributed by atoms with E-state index in [0.29, 0.717) is 18.9 Å². The molecule has 2 aromatic carbocycles. The van der Waals surface area contributed by atoms with Crippen LogP contribution in [0.25, 0.3) is 6.08 Å². The van der Waals surface area contributed by atoms with Gasteiger partial charge in [0.05, 0.1) is 20.2 Å². The minimum absolute atomic E-state index is 0.222. The average molecular weight is 336 g/mol. The zero-order chi connectivity index (χ0) is 17.5. The molecule has 1 heterocycles. The molecule has 0 aliphatic heterocycles. The van der Waals surface area contributed by atoms with Crippen molar-refractivity contribution < 1.29 is 4.74 Å². The zero-order valence-electron chi connectivity index (χ0n) is 14.0. The maximum Gasteiger partial charge on any atom is 0.343 e. The highest BCUT2D eigenvalue weighted by atomic mass is 16.5. The predicted molar refractivity (Wildman–Crippen MR) is 98.6 cm³/mol. The normalized spacial score (nSPS) is 10.9. The van der Waals surface area contributed by atoms with E-state index in [1.165, 1.54) is 4.68 Å². The lowest BCUT2D eigenvalue weighted by molar-refractivity contribution is 0.415. The molecular formula is C19H20N4O2. The Kier molecular flexibility index (Phi) is 5.31. The van der Waals surface area contributed by atoms with Gasteiger partial charge in [0.1, 0.15) is 11.6 Å². The number of nitrogens with one attached hydrogen (secondary N) is 2. The Bertz CT molecular complexity index is 897. The Balaban J connectivity index is 1.60. The first-order chi connectivity index (χ1) is 12.2. The van der Waals surface area contributed by atoms with Gasteiger partial charge in [-0.2, -0.15) is 5.10 Å². The third kappa shape index (κ3) is 4.60. The second kappa shape index (κ2) is 8.01. The molecule has 0 atom stereocenters. The number of ether oxygens (including phenoxy) is 1. The summed E-state index contributed by atoms with van der Waals surface area (Å²) >= 11 is 0. The molecule has 0 bridgehead atoms. The van der Waals surface area contributed by atoms with Gasteiger partial charge in [0, 0.05) is 11.8 Å². The summed E-state index contributed by atoms with van der Waals surface area (Å²) in [7, 11) is 1.63. The van der Waals surface area contributed by atoms with Crippen molar-refractivity contribution in [1.29, 1.82) is 0 Å². The van der Waals surface area contributed by atoms with Gasteiger partial charge in [-0.3, -0.25) is 4.98 Å². The average Bonchev–Trinajstić information content (AvgIpc) is 3.01. The van der Waals surface area contributed by atoms with Gasteiger partial charge < -0.3 is 10.1 Å². The highest BCUT2D eigenvalue weighted by Crippen LogP contribution is 2.16. The number of benzene rings is 2. The molecule has 0 radical (unpaired) electrons. The van der Waals surface area contributed by atoms with Crippen LogP contribution in [0.1, 0.15) is 11.4 Å². The quantitative estimate of drug-likeness (QED) is 0.696. The maximum atomic E-state index is 12.0. The molecule has 128 valence electrons. The van der Waals surface area contributed by atoms with Crippen LogP contribution in [0.2, 0.25) is 0 Å². The van der Waals surface area contributed by atoms with E-state index in [9.17, 15) is 4.79 Å². The second-order valence-corrected chi connectivity index (χ2v) is 5.46. The van der Waals surface area contributed by atoms with Crippen LogP contribution in [-0.4, -0.2) is 21.9 Å². The largest absolute Gasteiger partial charge is 0.497 e. The first-order valence-corrected chi connectivity index (χ1v) is 8.00. The Morgan fingerprint density at radius 2 is 2.04 bits per heavy atom. The Morgan fingerprint density at radius 3 is 2.84 bits per heavy atom. The molecule has 2 N–H and O–H groups in total. The van der Waals surface area contributed by atoms with Crippen molar-refractivity contribution in [2.75, 3.05) is 12.4 Å². The van der Waals surface area contributed by atoms with Crippen molar-refractivity contribution in [2.45, 2.75) is 13.1 Å². The van der Waals surface area contributed by atoms with Gasteiger partial charge in [-0.25, -0.2) is 9.48 Å². The van der Waals surface area contributed by atoms with Crippen molar-refractivity contribution in [3.05, 3.63) is 82.5 Å². The molecule has 0 saturated heterocycles. The summed E-state index contributed by atoms with van der Waals surface area (Å²) in [5.41, 5.74) is 1.77. The van der Waals surface area contributed by atoms with E-state index in [2.05, 4.69) is 15.4 Å². The van der Waals surface area contributed by atoms with Gasteiger partial charge in [0.15, 0.2) is 0 Å². The van der Waals surface area contributed by atoms with E-state index in [4.69, 9.17) is 4.74 Å². The SMILES string of the molecule is COc1cccc(NCc2nn(CC=Cc3ccccc3)c(=O)[nH]2)c1. The number of allylic oxidation sites excluding steroid dienone is 1. The Morgan fingerprint density at radius 1 is 1.20 bits per heavy atom. The summed E-state index contributed by atoms with van der Waals surface area (Å²) in [6.45, 7) is 0.848. The van der Waals surface area contributed by atoms with Crippen molar-refractivity contribution in [2.24, 2.45) is 0 Å². The third-order valence-corrected chi connectivity index (χ3v) is 3.64. The molecule has 6 heteroatoms. The van der Waals surface area contributed by atoms with E-state index in [0.717, 1.165) is 17.0 Å². The molecule has 25 heavy (non-hydrogen) atoms. The Labute approximate surface area is 145 Å². The van der Waals surface area contributed by atoms with Crippen LogP contribution < -0.4 is 15.7 Å². The van der Waals surface area contributed by atoms with Crippen molar-refractivity contribution >= 4 is 11.8 Å². The second-order valence-electron chi connectivity index (χ2n) is 5.46. The van der Waals surface area contributed by atoms with Crippen LogP contribution in [-0.2, 0) is 13.1 Å². The standard InChI is InChI=1S/C19H20N4O2/c1-25-17-11-5-10-16(13-17)20-14-18-21-19(24)23(22-18)12-6-9-15-7-3-2-4-8-15/h2-11,13,20H,12,14H2,1H3,(H,21,22,24). The number of hydrogen-bond acceptors (Lipinski definition) is 4. The van der Waals surface area contributed by atoms with Gasteiger partial charge >= 0.3 is 5.69 Å². The van der Waals surface area contributed by atoms with Crippen LogP contribution in [0.4, 0.5) is 5.69 Å². The molecular weight excluding hydrogens is 316 g/mol. The minimum atomic E-state index is -0.222. The van der Waals surface area contributed by atoms with Gasteiger partial charge in [0.25, 0.3) is 0 Å². The fourth-order valence-electron chi connectivity index (χ4n) is 2.38. The molecule has 1 aromatic heterocycles. The number of anilines is 1. The topological polar surface area (TPSA) is 71.9 Å². The zero-order valence-corrected chi connectivity index (χ0v) is 14.0. The Hall–Kier alpha value is -3.28. The van der Waals surface area contributed by atoms with Gasteiger partial charge in [0.2, 0.25) is 0 Å². The monoisotopic (exact) mass is 336 g/mol. The fourth-order valence-corrected chi connectivity index (χ4v) is 2.38. The van der Waals surface area contributed by atoms with Crippen LogP contribution in [0.3, 0.4) is 0 Å². The van der Waals surface area contributed by atoms with Crippen LogP contribution in [0, 0.1) is 0 Å². The van der Waals surface area contributed by atoms with E-state index in [-0.39, 0.29) is 5.69 Å². The lowest BCUT2D eigenvalue weighted by atomic mass is 10.2. The van der Waals surface area contributed by atoms with Crippen molar-refractivity contribution in [1.82, 2.24) is 14.8 Å². The van der Waals surface area contributed by atoms with E-state index in [1.807, 2.05) is 66.7 Å². The summed E-state index contributed by atoms with van der Waals surface area (Å²) in [6.07, 6.45) is 3.88. The number of hydrogen-bond donors (Lipinski definition) is 2. The molecule has 0 aliphatic carbocycles. The van der Waals surface area contributed by atoms with Gasteiger partial charge in [-0.05, 0) is 17.7 Å². The van der Waals surface area contributed by atoms with Gasteiger partial charge in [-0.15, -0.1) is 0 Å². The van der Waals surface area contributed by atoms with E-state index in [1.54, 1.807) is 7.11 Å². The number of nitrogens with zero attached hydrogens (tertiary/aromatic N) is 2. The number of rotatable bonds is 7. The van der Waals surface area contributed by atoms with Crippen LogP contribution in [0.15, 0.2) is 65.5 Å². The van der Waals surface area contributed by atoms with E-state index >= 15 is 0 Å². The molecule has 6 nitrogen and oxygen atoms in total. The van der Waals surface area contributed by atoms with Gasteiger partial charge in [-0.1, -0.05) is 48.6 Å². The highest BCUT2D eigenvalue weighted by Gasteiger charge is 2.04. The lowest BCUT2D eigenvalue weighted by Crippen LogP contribution is -2.16. The predicted octanol–water partition coefficient (Wildman–Crippen LogP) is 2.91. The molecule has 0 unspecified atom stereocenters. The summed E-state index contributed by atoms with van der Waals surface area (Å²) in [5, 5.41) is 7.52. The number of aromatic nitrogens is 3. The molecule has 0 aliphatic rings. The molecule has 0 amide bonds. The fraction of sp³-hybridized carbons (Fsp3) is 0.158. The highest BCUT2D eigenvalue weighted by molar-refractivity contribution is 5.49. The van der Waals surface area contributed by atoms with Crippen molar-refractivity contribution in [3.63, 3.8) is 0 Å². The van der Waals surface area contributed by atoms with Crippen molar-refractivity contribution in [3.8, 4) is 5.75 Å². The summed E-state index contributed by atoms with van der Waals surface area (Å²) in [6, 6.07) is 17.5. The smallest absolute Gasteiger partial charge is 0.343 e. The molecule has 0 saturated carbocycles. The molecule has 0 spiro atoms. The van der Waals surface area contributed by atoms with Crippen LogP contribution in [0.5, 0.6) is 5.75 Å². The maximum absolute atomic E-state index is 12.0.